The van der Waals surface area contributed by atoms with Gasteiger partial charge in [0.2, 0.25) is 11.5 Å². The second-order valence-electron chi connectivity index (χ2n) is 31.2. The summed E-state index contributed by atoms with van der Waals surface area (Å²) in [4.78, 5) is 0. The van der Waals surface area contributed by atoms with Crippen molar-refractivity contribution in [1.29, 1.82) is 0 Å². The molecule has 2 aromatic heterocycles. The number of rotatable bonds is 76. The molecule has 0 N–H and O–H groups in total. The smallest absolute Gasteiger partial charge is 0.203 e. The number of benzene rings is 3. The van der Waals surface area contributed by atoms with Gasteiger partial charge in [-0.3, -0.25) is 0 Å². The molecular weight excluding hydrogens is 1350 g/mol. The van der Waals surface area contributed by atoms with E-state index >= 15 is 0 Å². The number of nitrogens with zero attached hydrogens (tertiary/aromatic N) is 4. The second kappa shape index (κ2) is 65.3. The molecule has 0 saturated carbocycles. The normalized spacial score (nSPS) is 11.5. The van der Waals surface area contributed by atoms with Crippen molar-refractivity contribution in [2.75, 3.05) is 39.6 Å². The van der Waals surface area contributed by atoms with Gasteiger partial charge < -0.3 is 28.4 Å². The third-order valence-electron chi connectivity index (χ3n) is 21.3. The van der Waals surface area contributed by atoms with Crippen molar-refractivity contribution >= 4 is 22.7 Å². The summed E-state index contributed by atoms with van der Waals surface area (Å²) in [5.74, 6) is 4.48. The van der Waals surface area contributed by atoms with Crippen LogP contribution >= 0.6 is 22.7 Å². The Morgan fingerprint density at radius 2 is 0.340 bits per heavy atom. The first kappa shape index (κ1) is 92.2. The average molecular weight is 1500 g/mol. The molecule has 0 atom stereocenters. The second-order valence-corrected chi connectivity index (χ2v) is 33.1. The molecule has 0 bridgehead atoms. The molecule has 0 amide bonds. The minimum absolute atomic E-state index is 0.640. The van der Waals surface area contributed by atoms with Gasteiger partial charge in [0.15, 0.2) is 23.0 Å². The van der Waals surface area contributed by atoms with Crippen LogP contribution in [0.3, 0.4) is 0 Å². The molecule has 3 aromatic carbocycles. The van der Waals surface area contributed by atoms with Gasteiger partial charge in [-0.05, 0) is 62.8 Å². The Morgan fingerprint density at radius 1 is 0.189 bits per heavy atom. The van der Waals surface area contributed by atoms with E-state index in [9.17, 15) is 0 Å². The maximum Gasteiger partial charge on any atom is 0.203 e. The van der Waals surface area contributed by atoms with Gasteiger partial charge in [-0.2, -0.15) is 0 Å². The molecule has 0 aliphatic carbocycles. The molecule has 0 aliphatic heterocycles. The van der Waals surface area contributed by atoms with Gasteiger partial charge in [0.1, 0.15) is 20.0 Å². The van der Waals surface area contributed by atoms with Gasteiger partial charge in [-0.25, -0.2) is 0 Å². The maximum atomic E-state index is 6.81. The van der Waals surface area contributed by atoms with E-state index in [1.807, 2.05) is 0 Å². The highest BCUT2D eigenvalue weighted by atomic mass is 32.1. The standard InChI is InChI=1S/C94H158N4O6S2/c1-7-13-19-25-31-37-43-49-55-61-71-99-85-77-83(78-86(100-72-62-56-50-44-38-32-26-20-14-8-2)89(85)103-75-65-59-53-47-41-35-29-23-17-11-5)93-97-95-91(105-93)81-67-69-82(70-68-81)92-96-98-94(106-92)84-79-87(101-73-63-57-51-45-39-33-27-21-15-9-3)90(104-76-66-60-54-48-42-36-30-24-18-12-6)88(80-84)102-74-64-58-52-46-40-34-28-22-16-10-4/h67-70,77-80H,7-66,71-76H2,1-6H3. The molecule has 602 valence electrons. The van der Waals surface area contributed by atoms with Gasteiger partial charge in [-0.15, -0.1) is 20.4 Å². The lowest BCUT2D eigenvalue weighted by molar-refractivity contribution is 0.234. The summed E-state index contributed by atoms with van der Waals surface area (Å²) in [5.41, 5.74) is 3.89. The number of unbranched alkanes of at least 4 members (excludes halogenated alkanes) is 54. The fourth-order valence-electron chi connectivity index (χ4n) is 14.4. The predicted molar refractivity (Wildman–Crippen MR) is 459 cm³/mol. The molecule has 106 heavy (non-hydrogen) atoms. The van der Waals surface area contributed by atoms with Crippen LogP contribution in [0.4, 0.5) is 0 Å². The van der Waals surface area contributed by atoms with E-state index in [0.29, 0.717) is 39.6 Å². The lowest BCUT2D eigenvalue weighted by atomic mass is 10.1. The molecule has 10 nitrogen and oxygen atoms in total. The van der Waals surface area contributed by atoms with Crippen LogP contribution in [-0.4, -0.2) is 60.0 Å². The summed E-state index contributed by atoms with van der Waals surface area (Å²) in [6.07, 6.45) is 77.0. The van der Waals surface area contributed by atoms with Crippen molar-refractivity contribution in [3.63, 3.8) is 0 Å². The van der Waals surface area contributed by atoms with E-state index < -0.39 is 0 Å². The summed E-state index contributed by atoms with van der Waals surface area (Å²) >= 11 is 3.21. The minimum Gasteiger partial charge on any atom is -0.490 e. The van der Waals surface area contributed by atoms with Crippen LogP contribution in [0, 0.1) is 0 Å². The Balaban J connectivity index is 1.36. The lowest BCUT2D eigenvalue weighted by Gasteiger charge is -2.18. The van der Waals surface area contributed by atoms with E-state index in [4.69, 9.17) is 48.8 Å². The molecule has 5 aromatic rings. The van der Waals surface area contributed by atoms with Gasteiger partial charge in [-0.1, -0.05) is 435 Å². The van der Waals surface area contributed by atoms with Gasteiger partial charge in [0, 0.05) is 22.3 Å². The zero-order valence-corrected chi connectivity index (χ0v) is 71.0. The Morgan fingerprint density at radius 3 is 0.519 bits per heavy atom. The van der Waals surface area contributed by atoms with Crippen LogP contribution < -0.4 is 28.4 Å². The SMILES string of the molecule is CCCCCCCCCCCCOc1cc(-c2nnc(-c3ccc(-c4nnc(-c5cc(OCCCCCCCCCCCC)c(OCCCCCCCCCCCC)c(OCCCCCCCCCCCC)c5)s4)cc3)s2)cc(OCCCCCCCCCCCC)c1OCCCCCCCCCCCC. The summed E-state index contributed by atoms with van der Waals surface area (Å²) < 4.78 is 40.9. The van der Waals surface area contributed by atoms with Crippen LogP contribution in [-0.2, 0) is 0 Å². The van der Waals surface area contributed by atoms with Crippen molar-refractivity contribution in [2.45, 2.75) is 427 Å². The number of hydrogen-bond acceptors (Lipinski definition) is 12. The molecule has 0 aliphatic rings. The van der Waals surface area contributed by atoms with Gasteiger partial charge in [0.25, 0.3) is 0 Å². The monoisotopic (exact) mass is 1500 g/mol. The topological polar surface area (TPSA) is 107 Å². The summed E-state index contributed by atoms with van der Waals surface area (Å²) in [5, 5.41) is 22.8. The minimum atomic E-state index is 0.640. The zero-order valence-electron chi connectivity index (χ0n) is 69.3. The number of hydrogen-bond donors (Lipinski definition) is 0. The summed E-state index contributed by atoms with van der Waals surface area (Å²) in [6, 6.07) is 17.1. The first-order valence-corrected chi connectivity index (χ1v) is 47.1. The molecule has 0 spiro atoms. The molecular formula is C94H158N4O6S2. The van der Waals surface area contributed by atoms with Crippen molar-refractivity contribution in [2.24, 2.45) is 0 Å². The highest BCUT2D eigenvalue weighted by Gasteiger charge is 2.22. The molecule has 0 radical (unpaired) electrons. The van der Waals surface area contributed by atoms with Crippen molar-refractivity contribution in [1.82, 2.24) is 20.4 Å². The van der Waals surface area contributed by atoms with Crippen LogP contribution in [0.15, 0.2) is 48.5 Å². The molecule has 0 saturated heterocycles. The quantitative estimate of drug-likeness (QED) is 0.0349. The fraction of sp³-hybridized carbons (Fsp3) is 0.766. The van der Waals surface area contributed by atoms with E-state index in [-0.39, 0.29) is 0 Å². The largest absolute Gasteiger partial charge is 0.490 e. The Hall–Kier alpha value is -4.42. The first-order chi connectivity index (χ1) is 52.5. The third kappa shape index (κ3) is 43.3. The van der Waals surface area contributed by atoms with Crippen LogP contribution in [0.25, 0.3) is 42.3 Å². The maximum absolute atomic E-state index is 6.81. The highest BCUT2D eigenvalue weighted by Crippen LogP contribution is 2.46. The summed E-state index contributed by atoms with van der Waals surface area (Å²) in [7, 11) is 0. The van der Waals surface area contributed by atoms with Crippen molar-refractivity contribution in [3.05, 3.63) is 48.5 Å². The van der Waals surface area contributed by atoms with E-state index in [2.05, 4.69) is 90.1 Å². The average Bonchev–Trinajstić information content (AvgIpc) is 1.51. The third-order valence-corrected chi connectivity index (χ3v) is 23.3. The zero-order chi connectivity index (χ0) is 74.9. The number of aromatic nitrogens is 4. The Bertz CT molecular complexity index is 2520. The van der Waals surface area contributed by atoms with E-state index in [1.165, 1.54) is 347 Å². The Kier molecular flexibility index (Phi) is 56.8. The number of ether oxygens (including phenoxy) is 6. The molecule has 5 rings (SSSR count). The molecule has 12 heteroatoms. The van der Waals surface area contributed by atoms with E-state index in [1.54, 1.807) is 22.7 Å². The fourth-order valence-corrected chi connectivity index (χ4v) is 16.1. The highest BCUT2D eigenvalue weighted by molar-refractivity contribution is 7.18. The van der Waals surface area contributed by atoms with Crippen LogP contribution in [0.1, 0.15) is 427 Å². The van der Waals surface area contributed by atoms with Crippen molar-refractivity contribution in [3.8, 4) is 76.8 Å². The lowest BCUT2D eigenvalue weighted by Crippen LogP contribution is -2.06. The van der Waals surface area contributed by atoms with Gasteiger partial charge >= 0.3 is 0 Å². The predicted octanol–water partition coefficient (Wildman–Crippen LogP) is 31.9. The first-order valence-electron chi connectivity index (χ1n) is 45.4. The van der Waals surface area contributed by atoms with E-state index in [0.717, 1.165) is 115 Å². The molecule has 0 fully saturated rings. The van der Waals surface area contributed by atoms with Gasteiger partial charge in [0.05, 0.1) is 39.6 Å². The summed E-state index contributed by atoms with van der Waals surface area (Å²) in [6.45, 7) is 17.6. The van der Waals surface area contributed by atoms with Crippen LogP contribution in [0.5, 0.6) is 34.5 Å². The van der Waals surface area contributed by atoms with Crippen LogP contribution in [0.2, 0.25) is 0 Å². The van der Waals surface area contributed by atoms with Crippen molar-refractivity contribution < 1.29 is 28.4 Å². The molecule has 2 heterocycles. The Labute approximate surface area is 659 Å². The molecule has 0 unspecified atom stereocenters.